The molecule has 4 atom stereocenters. The number of nitrogens with zero attached hydrogens (tertiary/aromatic N) is 2. The molecule has 3 fully saturated rings. The number of carbonyl (C=O) groups is 1. The quantitative estimate of drug-likeness (QED) is 0.759. The van der Waals surface area contributed by atoms with E-state index in [9.17, 15) is 9.90 Å². The van der Waals surface area contributed by atoms with Crippen molar-refractivity contribution >= 4 is 6.03 Å². The summed E-state index contributed by atoms with van der Waals surface area (Å²) in [5, 5.41) is 10.1. The molecule has 3 aliphatic heterocycles. The molecule has 3 heterocycles. The summed E-state index contributed by atoms with van der Waals surface area (Å²) in [4.78, 5) is 18.0. The highest BCUT2D eigenvalue weighted by molar-refractivity contribution is 5.77. The minimum Gasteiger partial charge on any atom is -0.393 e. The van der Waals surface area contributed by atoms with E-state index in [1.165, 1.54) is 11.1 Å². The number of hydrogen-bond donors (Lipinski definition) is 1. The van der Waals surface area contributed by atoms with Gasteiger partial charge in [0.2, 0.25) is 0 Å². The Balaban J connectivity index is 1.49. The number of urea groups is 1. The number of benzene rings is 1. The van der Waals surface area contributed by atoms with Crippen LogP contribution in [-0.2, 0) is 11.8 Å². The third-order valence-corrected chi connectivity index (χ3v) is 8.68. The summed E-state index contributed by atoms with van der Waals surface area (Å²) >= 11 is 0. The van der Waals surface area contributed by atoms with Gasteiger partial charge >= 0.3 is 6.03 Å². The number of aliphatic hydroxyl groups is 1. The van der Waals surface area contributed by atoms with Gasteiger partial charge in [-0.05, 0) is 55.1 Å². The second-order valence-corrected chi connectivity index (χ2v) is 10.1. The average Bonchev–Trinajstić information content (AvgIpc) is 2.89. The van der Waals surface area contributed by atoms with Gasteiger partial charge in [-0.15, -0.1) is 0 Å². The molecule has 2 amide bonds. The molecule has 0 radical (unpaired) electrons. The molecular weight excluding hydrogens is 336 g/mol. The Morgan fingerprint density at radius 2 is 1.78 bits per heavy atom. The third kappa shape index (κ3) is 2.28. The van der Waals surface area contributed by atoms with Gasteiger partial charge in [0.05, 0.1) is 6.10 Å². The largest absolute Gasteiger partial charge is 0.393 e. The Labute approximate surface area is 162 Å². The minimum atomic E-state index is -0.228. The van der Waals surface area contributed by atoms with Crippen molar-refractivity contribution in [3.05, 3.63) is 35.4 Å². The van der Waals surface area contributed by atoms with Gasteiger partial charge in [-0.1, -0.05) is 45.0 Å². The molecule has 27 heavy (non-hydrogen) atoms. The number of amides is 2. The van der Waals surface area contributed by atoms with E-state index in [4.69, 9.17) is 0 Å². The number of carbonyl (C=O) groups excluding carboxylic acids is 1. The lowest BCUT2D eigenvalue weighted by atomic mass is 9.51. The third-order valence-electron chi connectivity index (χ3n) is 8.68. The Bertz CT molecular complexity index is 761. The zero-order chi connectivity index (χ0) is 19.0. The first kappa shape index (κ1) is 17.5. The molecule has 1 aromatic rings. The van der Waals surface area contributed by atoms with Crippen LogP contribution in [0.15, 0.2) is 24.3 Å². The summed E-state index contributed by atoms with van der Waals surface area (Å²) in [7, 11) is 0. The number of aliphatic hydroxyl groups excluding tert-OH is 1. The first-order valence-corrected chi connectivity index (χ1v) is 10.7. The molecule has 0 spiro atoms. The van der Waals surface area contributed by atoms with Gasteiger partial charge in [0.15, 0.2) is 0 Å². The molecule has 4 heteroatoms. The van der Waals surface area contributed by atoms with E-state index in [0.717, 1.165) is 45.1 Å². The van der Waals surface area contributed by atoms with Crippen molar-refractivity contribution in [1.82, 2.24) is 9.80 Å². The van der Waals surface area contributed by atoms with Crippen LogP contribution < -0.4 is 0 Å². The fraction of sp³-hybridized carbons (Fsp3) is 0.696. The molecular formula is C23H32N2O2. The molecule has 1 aliphatic carbocycles. The van der Waals surface area contributed by atoms with E-state index in [1.54, 1.807) is 0 Å². The standard InChI is InChI=1S/C23H32N2O2/c1-22(2)20-12-15-6-4-5-7-19(15)23(22,3)10-11-24(20)21(27)25-16-8-9-17(25)14-18(26)13-16/h4-7,16-18,20,26H,8-14H2,1-3H3/t16?,17?,18?,20-,23+/m1/s1. The van der Waals surface area contributed by atoms with E-state index in [1.807, 2.05) is 0 Å². The van der Waals surface area contributed by atoms with E-state index in [0.29, 0.717) is 0 Å². The van der Waals surface area contributed by atoms with Crippen LogP contribution in [0.5, 0.6) is 0 Å². The SMILES string of the molecule is CC1(C)[C@H]2Cc3ccccc3[C@]1(C)CCN2C(=O)N1C2CCC1CC(O)C2. The smallest absolute Gasteiger partial charge is 0.320 e. The molecule has 2 unspecified atom stereocenters. The number of rotatable bonds is 0. The van der Waals surface area contributed by atoms with Gasteiger partial charge in [0.25, 0.3) is 0 Å². The van der Waals surface area contributed by atoms with Crippen LogP contribution in [0.1, 0.15) is 64.0 Å². The summed E-state index contributed by atoms with van der Waals surface area (Å²) < 4.78 is 0. The fourth-order valence-corrected chi connectivity index (χ4v) is 6.71. The second-order valence-electron chi connectivity index (χ2n) is 10.1. The number of likely N-dealkylation sites (tertiary alicyclic amines) is 1. The molecule has 0 saturated carbocycles. The number of piperidine rings is 2. The lowest BCUT2D eigenvalue weighted by Gasteiger charge is -2.61. The predicted molar refractivity (Wildman–Crippen MR) is 106 cm³/mol. The van der Waals surface area contributed by atoms with Crippen LogP contribution in [0, 0.1) is 5.41 Å². The van der Waals surface area contributed by atoms with Crippen LogP contribution in [-0.4, -0.2) is 51.7 Å². The topological polar surface area (TPSA) is 43.8 Å². The molecule has 1 aromatic carbocycles. The molecule has 4 nitrogen and oxygen atoms in total. The maximum Gasteiger partial charge on any atom is 0.320 e. The highest BCUT2D eigenvalue weighted by atomic mass is 16.3. The fourth-order valence-electron chi connectivity index (χ4n) is 6.71. The normalized spacial score (nSPS) is 39.3. The molecule has 5 rings (SSSR count). The van der Waals surface area contributed by atoms with Crippen molar-refractivity contribution in [2.45, 2.75) is 88.9 Å². The molecule has 3 saturated heterocycles. The van der Waals surface area contributed by atoms with Crippen LogP contribution in [0.3, 0.4) is 0 Å². The van der Waals surface area contributed by atoms with Crippen molar-refractivity contribution in [3.8, 4) is 0 Å². The summed E-state index contributed by atoms with van der Waals surface area (Å²) in [6, 6.07) is 9.79. The molecule has 4 aliphatic rings. The summed E-state index contributed by atoms with van der Waals surface area (Å²) in [5.74, 6) is 0. The zero-order valence-corrected chi connectivity index (χ0v) is 16.8. The Morgan fingerprint density at radius 1 is 1.11 bits per heavy atom. The summed E-state index contributed by atoms with van der Waals surface area (Å²) in [6.45, 7) is 7.97. The number of hydrogen-bond acceptors (Lipinski definition) is 2. The maximum atomic E-state index is 13.7. The van der Waals surface area contributed by atoms with Gasteiger partial charge in [-0.25, -0.2) is 4.79 Å². The highest BCUT2D eigenvalue weighted by Gasteiger charge is 2.58. The predicted octanol–water partition coefficient (Wildman–Crippen LogP) is 3.71. The summed E-state index contributed by atoms with van der Waals surface area (Å²) in [5.41, 5.74) is 3.06. The van der Waals surface area contributed by atoms with Crippen molar-refractivity contribution in [2.75, 3.05) is 6.54 Å². The lowest BCUT2D eigenvalue weighted by molar-refractivity contribution is -0.0335. The first-order valence-electron chi connectivity index (χ1n) is 10.7. The first-order chi connectivity index (χ1) is 12.8. The van der Waals surface area contributed by atoms with Crippen molar-refractivity contribution in [3.63, 3.8) is 0 Å². The number of fused-ring (bicyclic) bond motifs is 6. The van der Waals surface area contributed by atoms with Crippen LogP contribution in [0.2, 0.25) is 0 Å². The van der Waals surface area contributed by atoms with Gasteiger partial charge in [0, 0.05) is 30.1 Å². The zero-order valence-electron chi connectivity index (χ0n) is 16.8. The monoisotopic (exact) mass is 368 g/mol. The van der Waals surface area contributed by atoms with E-state index in [2.05, 4.69) is 54.8 Å². The van der Waals surface area contributed by atoms with Crippen molar-refractivity contribution in [1.29, 1.82) is 0 Å². The van der Waals surface area contributed by atoms with Crippen molar-refractivity contribution < 1.29 is 9.90 Å². The second kappa shape index (κ2) is 5.73. The Kier molecular flexibility index (Phi) is 3.72. The van der Waals surface area contributed by atoms with Gasteiger partial charge in [-0.3, -0.25) is 0 Å². The van der Waals surface area contributed by atoms with Crippen LogP contribution in [0.25, 0.3) is 0 Å². The van der Waals surface area contributed by atoms with E-state index < -0.39 is 0 Å². The molecule has 146 valence electrons. The average molecular weight is 369 g/mol. The van der Waals surface area contributed by atoms with Gasteiger partial charge < -0.3 is 14.9 Å². The highest BCUT2D eigenvalue weighted by Crippen LogP contribution is 2.56. The summed E-state index contributed by atoms with van der Waals surface area (Å²) in [6.07, 6.45) is 5.36. The minimum absolute atomic E-state index is 0.0452. The lowest BCUT2D eigenvalue weighted by Crippen LogP contribution is -2.67. The van der Waals surface area contributed by atoms with Crippen LogP contribution in [0.4, 0.5) is 4.79 Å². The Morgan fingerprint density at radius 3 is 2.48 bits per heavy atom. The molecule has 1 N–H and O–H groups in total. The van der Waals surface area contributed by atoms with Crippen molar-refractivity contribution in [2.24, 2.45) is 5.41 Å². The Hall–Kier alpha value is -1.55. The van der Waals surface area contributed by atoms with Crippen LogP contribution >= 0.6 is 0 Å². The van der Waals surface area contributed by atoms with E-state index in [-0.39, 0.29) is 41.1 Å². The van der Waals surface area contributed by atoms with Gasteiger partial charge in [0.1, 0.15) is 0 Å². The van der Waals surface area contributed by atoms with Gasteiger partial charge in [-0.2, -0.15) is 0 Å². The maximum absolute atomic E-state index is 13.7. The molecule has 4 bridgehead atoms. The van der Waals surface area contributed by atoms with E-state index >= 15 is 0 Å². The molecule has 0 aromatic heterocycles.